The van der Waals surface area contributed by atoms with Gasteiger partial charge >= 0.3 is 0 Å². The summed E-state index contributed by atoms with van der Waals surface area (Å²) in [6.07, 6.45) is 1.18. The summed E-state index contributed by atoms with van der Waals surface area (Å²) in [4.78, 5) is 25.2. The van der Waals surface area contributed by atoms with Gasteiger partial charge in [-0.25, -0.2) is 8.42 Å². The number of nitrogens with zero attached hydrogens (tertiary/aromatic N) is 1. The topological polar surface area (TPSA) is 95.6 Å². The maximum Gasteiger partial charge on any atom is 0.243 e. The van der Waals surface area contributed by atoms with Gasteiger partial charge in [-0.15, -0.1) is 0 Å². The number of nitrogens with one attached hydrogen (secondary N) is 2. The molecule has 2 atom stereocenters. The number of hydrogen-bond acceptors (Lipinski definition) is 4. The molecule has 0 spiro atoms. The summed E-state index contributed by atoms with van der Waals surface area (Å²) in [5.41, 5.74) is 0.971. The van der Waals surface area contributed by atoms with E-state index in [1.54, 1.807) is 37.3 Å². The first-order valence-electron chi connectivity index (χ1n) is 10.0. The second kappa shape index (κ2) is 9.86. The van der Waals surface area contributed by atoms with Crippen LogP contribution in [0.1, 0.15) is 25.3 Å². The standard InChI is InChI=1S/C22H27N3O4S/c1-17(21(26)23-15-18-9-4-2-5-10-18)24-22(27)19-11-8-14-25(16-19)30(28,29)20-12-6-3-7-13-20/h2-7,9-10,12-13,17,19H,8,11,14-16H2,1H3,(H,23,26)(H,24,27)/t17-,19-/m1/s1. The second-order valence-corrected chi connectivity index (χ2v) is 9.39. The van der Waals surface area contributed by atoms with Gasteiger partial charge in [-0.2, -0.15) is 4.31 Å². The minimum Gasteiger partial charge on any atom is -0.350 e. The molecule has 1 aliphatic heterocycles. The fourth-order valence-electron chi connectivity index (χ4n) is 3.45. The Labute approximate surface area is 177 Å². The fraction of sp³-hybridized carbons (Fsp3) is 0.364. The van der Waals surface area contributed by atoms with Crippen LogP contribution in [0.2, 0.25) is 0 Å². The Bertz CT molecular complexity index is 964. The SMILES string of the molecule is C[C@@H](NC(=O)[C@@H]1CCCN(S(=O)(=O)c2ccccc2)C1)C(=O)NCc1ccccc1. The number of piperidine rings is 1. The van der Waals surface area contributed by atoms with Gasteiger partial charge in [-0.05, 0) is 37.5 Å². The lowest BCUT2D eigenvalue weighted by Gasteiger charge is -2.31. The smallest absolute Gasteiger partial charge is 0.243 e. The summed E-state index contributed by atoms with van der Waals surface area (Å²) in [7, 11) is -3.64. The zero-order valence-corrected chi connectivity index (χ0v) is 17.8. The third kappa shape index (κ3) is 5.46. The number of sulfonamides is 1. The molecule has 0 bridgehead atoms. The molecule has 1 saturated heterocycles. The number of amides is 2. The molecule has 2 N–H and O–H groups in total. The van der Waals surface area contributed by atoms with Crippen molar-refractivity contribution in [2.45, 2.75) is 37.2 Å². The summed E-state index contributed by atoms with van der Waals surface area (Å²) in [5, 5.41) is 5.53. The van der Waals surface area contributed by atoms with Gasteiger partial charge in [0.1, 0.15) is 6.04 Å². The maximum atomic E-state index is 12.8. The van der Waals surface area contributed by atoms with E-state index in [0.29, 0.717) is 25.9 Å². The molecule has 2 amide bonds. The van der Waals surface area contributed by atoms with Crippen molar-refractivity contribution in [3.63, 3.8) is 0 Å². The summed E-state index contributed by atoms with van der Waals surface area (Å²) < 4.78 is 27.0. The highest BCUT2D eigenvalue weighted by Crippen LogP contribution is 2.23. The molecule has 7 nitrogen and oxygen atoms in total. The van der Waals surface area contributed by atoms with Crippen molar-refractivity contribution in [2.24, 2.45) is 5.92 Å². The first kappa shape index (κ1) is 22.0. The zero-order valence-electron chi connectivity index (χ0n) is 17.0. The molecule has 160 valence electrons. The van der Waals surface area contributed by atoms with Gasteiger partial charge in [0.15, 0.2) is 0 Å². The molecule has 1 aliphatic rings. The predicted octanol–water partition coefficient (Wildman–Crippen LogP) is 1.91. The molecular formula is C22H27N3O4S. The highest BCUT2D eigenvalue weighted by molar-refractivity contribution is 7.89. The van der Waals surface area contributed by atoms with Crippen molar-refractivity contribution >= 4 is 21.8 Å². The van der Waals surface area contributed by atoms with Crippen molar-refractivity contribution < 1.29 is 18.0 Å². The highest BCUT2D eigenvalue weighted by Gasteiger charge is 2.34. The van der Waals surface area contributed by atoms with Crippen LogP contribution in [0, 0.1) is 5.92 Å². The van der Waals surface area contributed by atoms with Crippen LogP contribution in [0.4, 0.5) is 0 Å². The quantitative estimate of drug-likeness (QED) is 0.703. The van der Waals surface area contributed by atoms with E-state index >= 15 is 0 Å². The van der Waals surface area contributed by atoms with Gasteiger partial charge in [0.25, 0.3) is 0 Å². The monoisotopic (exact) mass is 429 g/mol. The Morgan fingerprint density at radius 3 is 2.37 bits per heavy atom. The maximum absolute atomic E-state index is 12.8. The minimum absolute atomic E-state index is 0.113. The lowest BCUT2D eigenvalue weighted by Crippen LogP contribution is -2.50. The van der Waals surface area contributed by atoms with Crippen LogP contribution < -0.4 is 10.6 Å². The molecule has 0 saturated carbocycles. The van der Waals surface area contributed by atoms with E-state index < -0.39 is 22.0 Å². The molecule has 0 unspecified atom stereocenters. The van der Waals surface area contributed by atoms with E-state index in [2.05, 4.69) is 10.6 Å². The molecule has 1 heterocycles. The summed E-state index contributed by atoms with van der Waals surface area (Å²) in [6.45, 7) is 2.50. The van der Waals surface area contributed by atoms with Crippen molar-refractivity contribution in [3.05, 3.63) is 66.2 Å². The van der Waals surface area contributed by atoms with E-state index in [9.17, 15) is 18.0 Å². The van der Waals surface area contributed by atoms with Crippen LogP contribution in [-0.2, 0) is 26.2 Å². The lowest BCUT2D eigenvalue weighted by atomic mass is 9.98. The Morgan fingerprint density at radius 1 is 1.07 bits per heavy atom. The van der Waals surface area contributed by atoms with Gasteiger partial charge in [0.05, 0.1) is 10.8 Å². The first-order chi connectivity index (χ1) is 14.4. The normalized spacial score (nSPS) is 18.4. The van der Waals surface area contributed by atoms with Crippen molar-refractivity contribution in [1.82, 2.24) is 14.9 Å². The highest BCUT2D eigenvalue weighted by atomic mass is 32.2. The largest absolute Gasteiger partial charge is 0.350 e. The van der Waals surface area contributed by atoms with Crippen LogP contribution >= 0.6 is 0 Å². The Balaban J connectivity index is 1.55. The Morgan fingerprint density at radius 2 is 1.70 bits per heavy atom. The van der Waals surface area contributed by atoms with E-state index in [4.69, 9.17) is 0 Å². The average Bonchev–Trinajstić information content (AvgIpc) is 2.78. The third-order valence-corrected chi connectivity index (χ3v) is 7.08. The molecule has 30 heavy (non-hydrogen) atoms. The van der Waals surface area contributed by atoms with Crippen molar-refractivity contribution in [2.75, 3.05) is 13.1 Å². The van der Waals surface area contributed by atoms with Crippen molar-refractivity contribution in [1.29, 1.82) is 0 Å². The van der Waals surface area contributed by atoms with Crippen LogP contribution in [-0.4, -0.2) is 43.7 Å². The van der Waals surface area contributed by atoms with Gasteiger partial charge < -0.3 is 10.6 Å². The molecule has 3 rings (SSSR count). The van der Waals surface area contributed by atoms with Crippen molar-refractivity contribution in [3.8, 4) is 0 Å². The lowest BCUT2D eigenvalue weighted by molar-refractivity contribution is -0.131. The van der Waals surface area contributed by atoms with Crippen LogP contribution in [0.15, 0.2) is 65.6 Å². The van der Waals surface area contributed by atoms with Gasteiger partial charge in [-0.3, -0.25) is 9.59 Å². The van der Waals surface area contributed by atoms with E-state index in [1.807, 2.05) is 30.3 Å². The van der Waals surface area contributed by atoms with Gasteiger partial charge in [-0.1, -0.05) is 48.5 Å². The predicted molar refractivity (Wildman–Crippen MR) is 114 cm³/mol. The molecule has 0 aromatic heterocycles. The molecule has 2 aromatic rings. The Kier molecular flexibility index (Phi) is 7.23. The van der Waals surface area contributed by atoms with Gasteiger partial charge in [0.2, 0.25) is 21.8 Å². The average molecular weight is 430 g/mol. The van der Waals surface area contributed by atoms with Crippen LogP contribution in [0.5, 0.6) is 0 Å². The van der Waals surface area contributed by atoms with Crippen LogP contribution in [0.25, 0.3) is 0 Å². The van der Waals surface area contributed by atoms with E-state index in [0.717, 1.165) is 5.56 Å². The number of benzene rings is 2. The Hall–Kier alpha value is -2.71. The summed E-state index contributed by atoms with van der Waals surface area (Å²) >= 11 is 0. The van der Waals surface area contributed by atoms with Crippen LogP contribution in [0.3, 0.4) is 0 Å². The summed E-state index contributed by atoms with van der Waals surface area (Å²) in [6, 6.07) is 17.0. The fourth-order valence-corrected chi connectivity index (χ4v) is 5.00. The van der Waals surface area contributed by atoms with E-state index in [-0.39, 0.29) is 23.3 Å². The minimum atomic E-state index is -3.64. The molecule has 8 heteroatoms. The van der Waals surface area contributed by atoms with Gasteiger partial charge in [0, 0.05) is 19.6 Å². The summed E-state index contributed by atoms with van der Waals surface area (Å²) in [5.74, 6) is -1.07. The number of rotatable bonds is 7. The van der Waals surface area contributed by atoms with E-state index in [1.165, 1.54) is 4.31 Å². The second-order valence-electron chi connectivity index (χ2n) is 7.45. The molecule has 0 aliphatic carbocycles. The molecule has 0 radical (unpaired) electrons. The molecule has 1 fully saturated rings. The molecule has 2 aromatic carbocycles. The zero-order chi connectivity index (χ0) is 21.6. The number of carbonyl (C=O) groups excluding carboxylic acids is 2. The molecular weight excluding hydrogens is 402 g/mol. The number of hydrogen-bond donors (Lipinski definition) is 2. The third-order valence-electron chi connectivity index (χ3n) is 5.20. The number of carbonyl (C=O) groups is 2. The first-order valence-corrected chi connectivity index (χ1v) is 11.5.